The van der Waals surface area contributed by atoms with Crippen molar-refractivity contribution in [2.45, 2.75) is 18.6 Å². The lowest BCUT2D eigenvalue weighted by Gasteiger charge is -2.27. The molecule has 108 valence electrons. The van der Waals surface area contributed by atoms with Gasteiger partial charge in [0.2, 0.25) is 0 Å². The number of aliphatic hydroxyl groups excluding tert-OH is 1. The molecule has 1 aromatic rings. The quantitative estimate of drug-likeness (QED) is 0.731. The Balaban J connectivity index is 2.20. The van der Waals surface area contributed by atoms with E-state index in [4.69, 9.17) is 5.11 Å². The second-order valence-corrected chi connectivity index (χ2v) is 4.76. The number of carboxylic acids is 1. The molecule has 0 aliphatic carbocycles. The van der Waals surface area contributed by atoms with E-state index in [-0.39, 0.29) is 18.7 Å². The number of hydrogen-bond acceptors (Lipinski definition) is 4. The average Bonchev–Trinajstić information content (AvgIpc) is 2.79. The highest BCUT2D eigenvalue weighted by molar-refractivity contribution is 5.94. The molecule has 7 nitrogen and oxygen atoms in total. The number of aliphatic hydroxyl groups is 1. The summed E-state index contributed by atoms with van der Waals surface area (Å²) in [4.78, 5) is 25.8. The first-order valence-corrected chi connectivity index (χ1v) is 6.14. The summed E-state index contributed by atoms with van der Waals surface area (Å²) in [5.74, 6) is -1.13. The lowest BCUT2D eigenvalue weighted by Crippen LogP contribution is -2.47. The van der Waals surface area contributed by atoms with Crippen LogP contribution in [-0.2, 0) is 4.79 Å². The van der Waals surface area contributed by atoms with Gasteiger partial charge in [-0.3, -0.25) is 4.90 Å². The van der Waals surface area contributed by atoms with Gasteiger partial charge >= 0.3 is 12.0 Å². The fraction of sp³-hybridized carbons (Fsp3) is 0.385. The first-order valence-electron chi connectivity index (χ1n) is 6.14. The second kappa shape index (κ2) is 5.38. The topological polar surface area (TPSA) is 101 Å². The number of phenols is 1. The van der Waals surface area contributed by atoms with E-state index in [1.165, 1.54) is 24.1 Å². The Bertz CT molecular complexity index is 533. The van der Waals surface area contributed by atoms with Crippen molar-refractivity contribution in [2.24, 2.45) is 0 Å². The van der Waals surface area contributed by atoms with Crippen LogP contribution in [0.5, 0.6) is 5.75 Å². The van der Waals surface area contributed by atoms with E-state index in [1.807, 2.05) is 0 Å². The maximum Gasteiger partial charge on any atom is 0.326 e. The van der Waals surface area contributed by atoms with E-state index < -0.39 is 24.1 Å². The molecule has 1 fully saturated rings. The molecule has 0 saturated carbocycles. The van der Waals surface area contributed by atoms with Crippen LogP contribution in [-0.4, -0.2) is 58.0 Å². The molecule has 1 heterocycles. The predicted octanol–water partition coefficient (Wildman–Crippen LogP) is 0.468. The number of anilines is 1. The molecule has 2 amide bonds. The van der Waals surface area contributed by atoms with Crippen molar-refractivity contribution in [2.75, 3.05) is 18.5 Å². The summed E-state index contributed by atoms with van der Waals surface area (Å²) in [5.41, 5.74) is 0.445. The van der Waals surface area contributed by atoms with E-state index in [0.29, 0.717) is 5.69 Å². The molecule has 1 unspecified atom stereocenters. The van der Waals surface area contributed by atoms with E-state index in [0.717, 1.165) is 4.90 Å². The molecule has 3 N–H and O–H groups in total. The molecule has 0 radical (unpaired) electrons. The molecule has 0 bridgehead atoms. The van der Waals surface area contributed by atoms with Gasteiger partial charge in [0.1, 0.15) is 11.8 Å². The Kier molecular flexibility index (Phi) is 3.80. The van der Waals surface area contributed by atoms with Gasteiger partial charge in [-0.15, -0.1) is 0 Å². The molecule has 2 atom stereocenters. The van der Waals surface area contributed by atoms with Gasteiger partial charge in [0.05, 0.1) is 6.10 Å². The molecule has 1 saturated heterocycles. The van der Waals surface area contributed by atoms with Crippen LogP contribution in [0.2, 0.25) is 0 Å². The molecule has 1 aliphatic rings. The fourth-order valence-electron chi connectivity index (χ4n) is 2.26. The first kappa shape index (κ1) is 14.1. The maximum absolute atomic E-state index is 12.3. The van der Waals surface area contributed by atoms with Gasteiger partial charge in [0.15, 0.2) is 0 Å². The van der Waals surface area contributed by atoms with E-state index in [2.05, 4.69) is 0 Å². The number of aliphatic carboxylic acids is 1. The third-order valence-corrected chi connectivity index (χ3v) is 3.31. The molecule has 0 aromatic heterocycles. The fourth-order valence-corrected chi connectivity index (χ4v) is 2.26. The van der Waals surface area contributed by atoms with Gasteiger partial charge in [-0.2, -0.15) is 0 Å². The molecular formula is C13H16N2O5. The largest absolute Gasteiger partial charge is 0.508 e. The van der Waals surface area contributed by atoms with Crippen molar-refractivity contribution >= 4 is 17.7 Å². The Morgan fingerprint density at radius 3 is 2.70 bits per heavy atom. The number of phenolic OH excluding ortho intramolecular Hbond substituents is 1. The van der Waals surface area contributed by atoms with Gasteiger partial charge in [-0.1, -0.05) is 6.07 Å². The SMILES string of the molecule is CN(C(=O)N1CC(O)C[C@H]1C(=O)O)c1cccc(O)c1. The third kappa shape index (κ3) is 2.67. The van der Waals surface area contributed by atoms with Crippen molar-refractivity contribution in [3.8, 4) is 5.75 Å². The molecule has 20 heavy (non-hydrogen) atoms. The first-order chi connectivity index (χ1) is 9.40. The van der Waals surface area contributed by atoms with Gasteiger partial charge in [0, 0.05) is 31.8 Å². The number of benzene rings is 1. The molecule has 7 heteroatoms. The van der Waals surface area contributed by atoms with Gasteiger partial charge in [-0.05, 0) is 12.1 Å². The Morgan fingerprint density at radius 2 is 2.10 bits per heavy atom. The Labute approximate surface area is 115 Å². The number of urea groups is 1. The number of hydrogen-bond donors (Lipinski definition) is 3. The number of likely N-dealkylation sites (tertiary alicyclic amines) is 1. The zero-order chi connectivity index (χ0) is 14.9. The summed E-state index contributed by atoms with van der Waals surface area (Å²) in [5, 5.41) is 28.0. The summed E-state index contributed by atoms with van der Waals surface area (Å²) in [6.07, 6.45) is -0.813. The highest BCUT2D eigenvalue weighted by atomic mass is 16.4. The monoisotopic (exact) mass is 280 g/mol. The van der Waals surface area contributed by atoms with Crippen molar-refractivity contribution in [3.05, 3.63) is 24.3 Å². The molecule has 0 spiro atoms. The zero-order valence-corrected chi connectivity index (χ0v) is 10.9. The standard InChI is InChI=1S/C13H16N2O5/c1-14(8-3-2-4-9(16)5-8)13(20)15-7-10(17)6-11(15)12(18)19/h2-5,10-11,16-17H,6-7H2,1H3,(H,18,19)/t10?,11-/m0/s1. The van der Waals surface area contributed by atoms with Gasteiger partial charge in [-0.25, -0.2) is 9.59 Å². The lowest BCUT2D eigenvalue weighted by molar-refractivity contribution is -0.141. The summed E-state index contributed by atoms with van der Waals surface area (Å²) in [6.45, 7) is -0.0149. The predicted molar refractivity (Wildman–Crippen MR) is 70.7 cm³/mol. The number of β-amino-alcohol motifs (C(OH)–C–C–N with tert-alkyl or cyclic N) is 1. The summed E-state index contributed by atoms with van der Waals surface area (Å²) in [7, 11) is 1.49. The van der Waals surface area contributed by atoms with Crippen LogP contribution in [0.4, 0.5) is 10.5 Å². The average molecular weight is 280 g/mol. The Morgan fingerprint density at radius 1 is 1.40 bits per heavy atom. The van der Waals surface area contributed by atoms with Crippen molar-refractivity contribution < 1.29 is 24.9 Å². The number of aromatic hydroxyl groups is 1. The zero-order valence-electron chi connectivity index (χ0n) is 10.9. The minimum absolute atomic E-state index is 0.0124. The maximum atomic E-state index is 12.3. The Hall–Kier alpha value is -2.28. The lowest BCUT2D eigenvalue weighted by atomic mass is 10.2. The summed E-state index contributed by atoms with van der Waals surface area (Å²) in [6, 6.07) is 4.53. The van der Waals surface area contributed by atoms with Gasteiger partial charge in [0.25, 0.3) is 0 Å². The molecule has 2 rings (SSSR count). The van der Waals surface area contributed by atoms with Crippen LogP contribution < -0.4 is 4.90 Å². The highest BCUT2D eigenvalue weighted by Gasteiger charge is 2.40. The number of amides is 2. The highest BCUT2D eigenvalue weighted by Crippen LogP contribution is 2.24. The van der Waals surface area contributed by atoms with Crippen LogP contribution >= 0.6 is 0 Å². The minimum Gasteiger partial charge on any atom is -0.508 e. The van der Waals surface area contributed by atoms with Crippen LogP contribution in [0, 0.1) is 0 Å². The van der Waals surface area contributed by atoms with Crippen LogP contribution in [0.1, 0.15) is 6.42 Å². The number of carbonyl (C=O) groups is 2. The third-order valence-electron chi connectivity index (χ3n) is 3.31. The van der Waals surface area contributed by atoms with E-state index in [9.17, 15) is 19.8 Å². The molecular weight excluding hydrogens is 264 g/mol. The molecule has 1 aromatic carbocycles. The van der Waals surface area contributed by atoms with Gasteiger partial charge < -0.3 is 20.2 Å². The van der Waals surface area contributed by atoms with Crippen LogP contribution in [0.3, 0.4) is 0 Å². The van der Waals surface area contributed by atoms with Crippen molar-refractivity contribution in [1.82, 2.24) is 4.90 Å². The number of carboxylic acid groups (broad SMARTS) is 1. The van der Waals surface area contributed by atoms with Crippen LogP contribution in [0.15, 0.2) is 24.3 Å². The normalized spacial score (nSPS) is 21.8. The minimum atomic E-state index is -1.14. The number of carbonyl (C=O) groups excluding carboxylic acids is 1. The number of nitrogens with zero attached hydrogens (tertiary/aromatic N) is 2. The number of rotatable bonds is 2. The summed E-state index contributed by atoms with van der Waals surface area (Å²) < 4.78 is 0. The molecule has 1 aliphatic heterocycles. The van der Waals surface area contributed by atoms with Crippen molar-refractivity contribution in [1.29, 1.82) is 0 Å². The van der Waals surface area contributed by atoms with E-state index in [1.54, 1.807) is 12.1 Å². The van der Waals surface area contributed by atoms with Crippen molar-refractivity contribution in [3.63, 3.8) is 0 Å². The van der Waals surface area contributed by atoms with Crippen LogP contribution in [0.25, 0.3) is 0 Å². The van der Waals surface area contributed by atoms with E-state index >= 15 is 0 Å². The smallest absolute Gasteiger partial charge is 0.326 e. The second-order valence-electron chi connectivity index (χ2n) is 4.76. The summed E-state index contributed by atoms with van der Waals surface area (Å²) >= 11 is 0.